The molecule has 1 saturated heterocycles. The largest absolute Gasteiger partial charge is 0.381 e. The third-order valence-electron chi connectivity index (χ3n) is 4.43. The van der Waals surface area contributed by atoms with E-state index in [1.807, 2.05) is 13.8 Å². The molecule has 0 unspecified atom stereocenters. The monoisotopic (exact) mass is 359 g/mol. The molecule has 2 N–H and O–H groups in total. The smallest absolute Gasteiger partial charge is 0.315 e. The first kappa shape index (κ1) is 17.9. The van der Waals surface area contributed by atoms with E-state index in [1.165, 1.54) is 5.56 Å². The number of hydrogen-bond acceptors (Lipinski definition) is 4. The van der Waals surface area contributed by atoms with Crippen LogP contribution in [0.5, 0.6) is 0 Å². The second kappa shape index (κ2) is 7.97. The van der Waals surface area contributed by atoms with Crippen LogP contribution < -0.4 is 10.6 Å². The van der Waals surface area contributed by atoms with E-state index in [0.29, 0.717) is 13.2 Å². The van der Waals surface area contributed by atoms with Crippen molar-refractivity contribution in [3.63, 3.8) is 0 Å². The Bertz CT molecular complexity index is 721. The molecule has 2 heterocycles. The Balaban J connectivity index is 1.64. The molecule has 1 aromatic heterocycles. The Morgan fingerprint density at radius 2 is 1.92 bits per heavy atom. The molecule has 2 aromatic rings. The summed E-state index contributed by atoms with van der Waals surface area (Å²) in [6.07, 6.45) is 1.75. The van der Waals surface area contributed by atoms with Crippen LogP contribution in [0.2, 0.25) is 0 Å². The van der Waals surface area contributed by atoms with Gasteiger partial charge in [-0.3, -0.25) is 0 Å². The summed E-state index contributed by atoms with van der Waals surface area (Å²) < 4.78 is 5.32. The minimum absolute atomic E-state index is 0.0726. The van der Waals surface area contributed by atoms with E-state index >= 15 is 0 Å². The van der Waals surface area contributed by atoms with Crippen molar-refractivity contribution in [3.05, 3.63) is 40.4 Å². The summed E-state index contributed by atoms with van der Waals surface area (Å²) >= 11 is 1.64. The average Bonchev–Trinajstić information content (AvgIpc) is 2.98. The van der Waals surface area contributed by atoms with Crippen molar-refractivity contribution >= 4 is 17.4 Å². The molecule has 5 nitrogen and oxygen atoms in total. The topological polar surface area (TPSA) is 63.2 Å². The van der Waals surface area contributed by atoms with Gasteiger partial charge in [0.15, 0.2) is 0 Å². The third-order valence-corrected chi connectivity index (χ3v) is 5.82. The highest BCUT2D eigenvalue weighted by molar-refractivity contribution is 7.15. The van der Waals surface area contributed by atoms with Crippen LogP contribution in [0.15, 0.2) is 24.3 Å². The summed E-state index contributed by atoms with van der Waals surface area (Å²) in [5.41, 5.74) is 3.32. The molecule has 1 atom stereocenters. The van der Waals surface area contributed by atoms with Crippen molar-refractivity contribution in [2.45, 2.75) is 45.7 Å². The molecule has 1 aliphatic heterocycles. The maximum atomic E-state index is 12.2. The van der Waals surface area contributed by atoms with Gasteiger partial charge in [-0.2, -0.15) is 0 Å². The predicted molar refractivity (Wildman–Crippen MR) is 101 cm³/mol. The number of rotatable bonds is 4. The Morgan fingerprint density at radius 1 is 1.24 bits per heavy atom. The van der Waals surface area contributed by atoms with Gasteiger partial charge in [0.2, 0.25) is 0 Å². The van der Waals surface area contributed by atoms with Gasteiger partial charge in [-0.25, -0.2) is 9.78 Å². The lowest BCUT2D eigenvalue weighted by Gasteiger charge is -2.24. The van der Waals surface area contributed by atoms with Crippen molar-refractivity contribution in [3.8, 4) is 10.6 Å². The maximum Gasteiger partial charge on any atom is 0.315 e. The summed E-state index contributed by atoms with van der Waals surface area (Å²) in [6.45, 7) is 7.51. The average molecular weight is 359 g/mol. The van der Waals surface area contributed by atoms with E-state index in [9.17, 15) is 4.79 Å². The molecule has 1 fully saturated rings. The fraction of sp³-hybridized carbons (Fsp3) is 0.474. The van der Waals surface area contributed by atoms with Crippen LogP contribution in [0.25, 0.3) is 10.6 Å². The van der Waals surface area contributed by atoms with Gasteiger partial charge >= 0.3 is 6.03 Å². The molecule has 134 valence electrons. The molecule has 2 amide bonds. The van der Waals surface area contributed by atoms with Gasteiger partial charge in [-0.1, -0.05) is 29.8 Å². The van der Waals surface area contributed by atoms with Crippen LogP contribution in [-0.4, -0.2) is 30.3 Å². The number of urea groups is 1. The second-order valence-electron chi connectivity index (χ2n) is 6.56. The molecular weight excluding hydrogens is 334 g/mol. The van der Waals surface area contributed by atoms with Crippen LogP contribution >= 0.6 is 11.3 Å². The Labute approximate surface area is 152 Å². The Morgan fingerprint density at radius 3 is 2.60 bits per heavy atom. The van der Waals surface area contributed by atoms with Gasteiger partial charge in [-0.15, -0.1) is 11.3 Å². The van der Waals surface area contributed by atoms with Crippen LogP contribution in [0.4, 0.5) is 4.79 Å². The number of ether oxygens (including phenoxy) is 1. The minimum Gasteiger partial charge on any atom is -0.381 e. The Kier molecular flexibility index (Phi) is 5.71. The number of carbonyl (C=O) groups is 1. The zero-order valence-corrected chi connectivity index (χ0v) is 15.8. The van der Waals surface area contributed by atoms with Crippen LogP contribution in [0, 0.1) is 13.8 Å². The molecule has 0 aliphatic carbocycles. The number of nitrogens with one attached hydrogen (secondary N) is 2. The van der Waals surface area contributed by atoms with Gasteiger partial charge in [0.25, 0.3) is 0 Å². The maximum absolute atomic E-state index is 12.2. The van der Waals surface area contributed by atoms with Gasteiger partial charge in [-0.05, 0) is 33.6 Å². The zero-order chi connectivity index (χ0) is 17.8. The Hall–Kier alpha value is -1.92. The standard InChI is InChI=1S/C19H25N3O2S/c1-12-4-6-15(7-5-12)18-20-13(2)17(25-18)14(3)21-19(23)22-16-8-10-24-11-9-16/h4-7,14,16H,8-11H2,1-3H3,(H2,21,22,23)/t14-/m0/s1. The highest BCUT2D eigenvalue weighted by Crippen LogP contribution is 2.31. The van der Waals surface area contributed by atoms with Gasteiger partial charge < -0.3 is 15.4 Å². The number of amides is 2. The number of nitrogens with zero attached hydrogens (tertiary/aromatic N) is 1. The molecule has 1 aromatic carbocycles. The third kappa shape index (κ3) is 4.58. The predicted octanol–water partition coefficient (Wildman–Crippen LogP) is 3.97. The number of aromatic nitrogens is 1. The fourth-order valence-corrected chi connectivity index (χ4v) is 4.03. The lowest BCUT2D eigenvalue weighted by molar-refractivity contribution is 0.0800. The molecule has 6 heteroatoms. The second-order valence-corrected chi connectivity index (χ2v) is 7.59. The lowest BCUT2D eigenvalue weighted by atomic mass is 10.1. The van der Waals surface area contributed by atoms with Gasteiger partial charge in [0, 0.05) is 24.8 Å². The highest BCUT2D eigenvalue weighted by Gasteiger charge is 2.20. The van der Waals surface area contributed by atoms with Crippen molar-refractivity contribution < 1.29 is 9.53 Å². The van der Waals surface area contributed by atoms with Crippen LogP contribution in [-0.2, 0) is 4.74 Å². The van der Waals surface area contributed by atoms with Crippen molar-refractivity contribution in [2.75, 3.05) is 13.2 Å². The summed E-state index contributed by atoms with van der Waals surface area (Å²) in [6, 6.07) is 8.37. The molecule has 0 saturated carbocycles. The van der Waals surface area contributed by atoms with Crippen LogP contribution in [0.3, 0.4) is 0 Å². The van der Waals surface area contributed by atoms with Crippen molar-refractivity contribution in [1.29, 1.82) is 0 Å². The number of thiazole rings is 1. The normalized spacial score (nSPS) is 16.4. The molecule has 3 rings (SSSR count). The first-order valence-electron chi connectivity index (χ1n) is 8.72. The first-order valence-corrected chi connectivity index (χ1v) is 9.53. The molecule has 1 aliphatic rings. The minimum atomic E-state index is -0.121. The molecule has 0 radical (unpaired) electrons. The number of hydrogen-bond donors (Lipinski definition) is 2. The summed E-state index contributed by atoms with van der Waals surface area (Å²) in [7, 11) is 0. The molecule has 0 bridgehead atoms. The van der Waals surface area contributed by atoms with Crippen molar-refractivity contribution in [1.82, 2.24) is 15.6 Å². The number of benzene rings is 1. The lowest BCUT2D eigenvalue weighted by Crippen LogP contribution is -2.45. The van der Waals surface area contributed by atoms with Crippen LogP contribution in [0.1, 0.15) is 41.9 Å². The summed E-state index contributed by atoms with van der Waals surface area (Å²) in [4.78, 5) is 18.0. The van der Waals surface area contributed by atoms with Gasteiger partial charge in [0.1, 0.15) is 5.01 Å². The summed E-state index contributed by atoms with van der Waals surface area (Å²) in [5, 5.41) is 7.07. The van der Waals surface area contributed by atoms with E-state index in [4.69, 9.17) is 4.74 Å². The molecule has 0 spiro atoms. The fourth-order valence-electron chi connectivity index (χ4n) is 2.96. The molecular formula is C19H25N3O2S. The van der Waals surface area contributed by atoms with E-state index in [1.54, 1.807) is 11.3 Å². The van der Waals surface area contributed by atoms with E-state index in [2.05, 4.69) is 46.8 Å². The summed E-state index contributed by atoms with van der Waals surface area (Å²) in [5.74, 6) is 0. The van der Waals surface area contributed by atoms with Crippen molar-refractivity contribution in [2.24, 2.45) is 0 Å². The first-order chi connectivity index (χ1) is 12.0. The van der Waals surface area contributed by atoms with Gasteiger partial charge in [0.05, 0.1) is 16.6 Å². The molecule has 25 heavy (non-hydrogen) atoms. The van der Waals surface area contributed by atoms with E-state index < -0.39 is 0 Å². The van der Waals surface area contributed by atoms with E-state index in [0.717, 1.165) is 34.0 Å². The zero-order valence-electron chi connectivity index (χ0n) is 15.0. The van der Waals surface area contributed by atoms with E-state index in [-0.39, 0.29) is 18.1 Å². The number of carbonyl (C=O) groups excluding carboxylic acids is 1. The highest BCUT2D eigenvalue weighted by atomic mass is 32.1. The SMILES string of the molecule is Cc1ccc(-c2nc(C)c([C@H](C)NC(=O)NC3CCOCC3)s2)cc1. The number of aryl methyl sites for hydroxylation is 2. The quantitative estimate of drug-likeness (QED) is 0.868.